The molecule has 1 atom stereocenters. The van der Waals surface area contributed by atoms with Crippen molar-refractivity contribution >= 4 is 5.91 Å². The van der Waals surface area contributed by atoms with Gasteiger partial charge < -0.3 is 19.8 Å². The molecule has 0 spiro atoms. The normalized spacial score (nSPS) is 16.6. The van der Waals surface area contributed by atoms with Gasteiger partial charge in [0.2, 0.25) is 0 Å². The average molecular weight is 313 g/mol. The van der Waals surface area contributed by atoms with Crippen LogP contribution in [-0.4, -0.2) is 35.6 Å². The lowest BCUT2D eigenvalue weighted by Gasteiger charge is -2.18. The third-order valence-electron chi connectivity index (χ3n) is 3.62. The van der Waals surface area contributed by atoms with Gasteiger partial charge >= 0.3 is 0 Å². The highest BCUT2D eigenvalue weighted by Crippen LogP contribution is 2.27. The molecule has 0 fully saturated rings. The van der Waals surface area contributed by atoms with Crippen molar-refractivity contribution in [1.82, 2.24) is 15.3 Å². The zero-order valence-corrected chi connectivity index (χ0v) is 12.7. The van der Waals surface area contributed by atoms with Crippen molar-refractivity contribution in [1.29, 1.82) is 0 Å². The number of nitrogens with zero attached hydrogens (tertiary/aromatic N) is 1. The van der Waals surface area contributed by atoms with Gasteiger partial charge in [0.25, 0.3) is 5.91 Å². The monoisotopic (exact) mass is 313 g/mol. The van der Waals surface area contributed by atoms with Crippen LogP contribution in [0.3, 0.4) is 0 Å². The van der Waals surface area contributed by atoms with Crippen molar-refractivity contribution in [2.75, 3.05) is 19.8 Å². The molecule has 1 aromatic heterocycles. The van der Waals surface area contributed by atoms with Crippen LogP contribution in [0.2, 0.25) is 0 Å². The Balaban J connectivity index is 1.52. The standard InChI is InChI=1S/C17H19N3O3/c21-17(19-8-13-4-3-7-22-10-13)11-23-16-6-2-1-5-14(16)15-9-18-12-20-15/h1-3,5-7,9,12-13H,4,8,10-11H2,(H,18,20)(H,19,21). The molecule has 1 aliphatic rings. The first-order valence-corrected chi connectivity index (χ1v) is 7.57. The molecule has 1 unspecified atom stereocenters. The first-order valence-electron chi connectivity index (χ1n) is 7.57. The zero-order valence-electron chi connectivity index (χ0n) is 12.7. The van der Waals surface area contributed by atoms with Crippen LogP contribution >= 0.6 is 0 Å². The maximum absolute atomic E-state index is 11.9. The molecule has 1 aliphatic heterocycles. The average Bonchev–Trinajstić information content (AvgIpc) is 3.14. The van der Waals surface area contributed by atoms with E-state index < -0.39 is 0 Å². The summed E-state index contributed by atoms with van der Waals surface area (Å²) >= 11 is 0. The quantitative estimate of drug-likeness (QED) is 0.856. The number of ether oxygens (including phenoxy) is 2. The van der Waals surface area contributed by atoms with Crippen molar-refractivity contribution in [3.63, 3.8) is 0 Å². The molecule has 2 aromatic rings. The minimum absolute atomic E-state index is 0.0193. The lowest BCUT2D eigenvalue weighted by Crippen LogP contribution is -2.34. The Morgan fingerprint density at radius 2 is 2.35 bits per heavy atom. The Hall–Kier alpha value is -2.76. The van der Waals surface area contributed by atoms with Crippen LogP contribution in [0.15, 0.2) is 49.1 Å². The Bertz CT molecular complexity index is 667. The molecule has 3 rings (SSSR count). The molecule has 0 saturated carbocycles. The third kappa shape index (κ3) is 4.12. The molecule has 2 N–H and O–H groups in total. The molecule has 2 heterocycles. The van der Waals surface area contributed by atoms with Crippen molar-refractivity contribution in [3.8, 4) is 17.0 Å². The summed E-state index contributed by atoms with van der Waals surface area (Å²) in [6.45, 7) is 1.21. The largest absolute Gasteiger partial charge is 0.501 e. The Labute approximate surface area is 134 Å². The lowest BCUT2D eigenvalue weighted by atomic mass is 10.1. The van der Waals surface area contributed by atoms with Crippen molar-refractivity contribution < 1.29 is 14.3 Å². The number of aromatic amines is 1. The van der Waals surface area contributed by atoms with Crippen molar-refractivity contribution in [2.24, 2.45) is 5.92 Å². The van der Waals surface area contributed by atoms with E-state index in [4.69, 9.17) is 9.47 Å². The van der Waals surface area contributed by atoms with E-state index in [1.54, 1.807) is 18.8 Å². The molecule has 120 valence electrons. The highest BCUT2D eigenvalue weighted by Gasteiger charge is 2.13. The molecular formula is C17H19N3O3. The van der Waals surface area contributed by atoms with E-state index in [0.717, 1.165) is 17.7 Å². The van der Waals surface area contributed by atoms with Gasteiger partial charge in [-0.3, -0.25) is 4.79 Å². The fourth-order valence-corrected chi connectivity index (χ4v) is 2.39. The predicted octanol–water partition coefficient (Wildman–Crippen LogP) is 2.12. The van der Waals surface area contributed by atoms with E-state index >= 15 is 0 Å². The number of H-pyrrole nitrogens is 1. The minimum atomic E-state index is -0.140. The predicted molar refractivity (Wildman–Crippen MR) is 85.7 cm³/mol. The number of nitrogens with one attached hydrogen (secondary N) is 2. The van der Waals surface area contributed by atoms with Crippen LogP contribution in [0.5, 0.6) is 5.75 Å². The number of aromatic nitrogens is 2. The van der Waals surface area contributed by atoms with E-state index in [2.05, 4.69) is 15.3 Å². The van der Waals surface area contributed by atoms with Crippen LogP contribution in [0, 0.1) is 5.92 Å². The number of hydrogen-bond acceptors (Lipinski definition) is 4. The van der Waals surface area contributed by atoms with E-state index in [1.807, 2.05) is 30.3 Å². The van der Waals surface area contributed by atoms with Gasteiger partial charge in [0.05, 0.1) is 31.1 Å². The first-order chi connectivity index (χ1) is 11.3. The summed E-state index contributed by atoms with van der Waals surface area (Å²) in [5.74, 6) is 0.830. The Kier molecular flexibility index (Phi) is 4.93. The molecule has 6 nitrogen and oxygen atoms in total. The summed E-state index contributed by atoms with van der Waals surface area (Å²) in [5, 5.41) is 2.88. The summed E-state index contributed by atoms with van der Waals surface area (Å²) < 4.78 is 10.9. The number of benzene rings is 1. The van der Waals surface area contributed by atoms with Gasteiger partial charge in [0, 0.05) is 18.0 Å². The third-order valence-corrected chi connectivity index (χ3v) is 3.62. The smallest absolute Gasteiger partial charge is 0.257 e. The molecule has 0 bridgehead atoms. The molecule has 6 heteroatoms. The second kappa shape index (κ2) is 7.49. The molecule has 0 aliphatic carbocycles. The number of carbonyl (C=O) groups excluding carboxylic acids is 1. The molecule has 23 heavy (non-hydrogen) atoms. The highest BCUT2D eigenvalue weighted by atomic mass is 16.5. The molecule has 1 aromatic carbocycles. The minimum Gasteiger partial charge on any atom is -0.501 e. The number of hydrogen-bond donors (Lipinski definition) is 2. The Morgan fingerprint density at radius 1 is 1.43 bits per heavy atom. The zero-order chi connectivity index (χ0) is 15.9. The summed E-state index contributed by atoms with van der Waals surface area (Å²) in [7, 11) is 0. The summed E-state index contributed by atoms with van der Waals surface area (Å²) in [4.78, 5) is 19.0. The number of amides is 1. The summed E-state index contributed by atoms with van der Waals surface area (Å²) in [6, 6.07) is 7.55. The number of imidazole rings is 1. The van der Waals surface area contributed by atoms with Crippen LogP contribution in [-0.2, 0) is 9.53 Å². The summed E-state index contributed by atoms with van der Waals surface area (Å²) in [6.07, 6.45) is 7.92. The van der Waals surface area contributed by atoms with Crippen molar-refractivity contribution in [2.45, 2.75) is 6.42 Å². The molecule has 1 amide bonds. The van der Waals surface area contributed by atoms with E-state index in [-0.39, 0.29) is 12.5 Å². The van der Waals surface area contributed by atoms with E-state index in [9.17, 15) is 4.79 Å². The van der Waals surface area contributed by atoms with E-state index in [1.165, 1.54) is 0 Å². The maximum Gasteiger partial charge on any atom is 0.257 e. The van der Waals surface area contributed by atoms with Gasteiger partial charge in [-0.2, -0.15) is 0 Å². The van der Waals surface area contributed by atoms with Gasteiger partial charge in [-0.05, 0) is 24.6 Å². The van der Waals surface area contributed by atoms with Gasteiger partial charge in [0.1, 0.15) is 5.75 Å². The van der Waals surface area contributed by atoms with Crippen LogP contribution < -0.4 is 10.1 Å². The number of para-hydroxylation sites is 1. The fraction of sp³-hybridized carbons (Fsp3) is 0.294. The van der Waals surface area contributed by atoms with Crippen LogP contribution in [0.25, 0.3) is 11.3 Å². The van der Waals surface area contributed by atoms with Gasteiger partial charge in [-0.25, -0.2) is 4.98 Å². The van der Waals surface area contributed by atoms with Gasteiger partial charge in [0.15, 0.2) is 6.61 Å². The lowest BCUT2D eigenvalue weighted by molar-refractivity contribution is -0.123. The highest BCUT2D eigenvalue weighted by molar-refractivity contribution is 5.78. The first kappa shape index (κ1) is 15.1. The molecule has 0 saturated heterocycles. The van der Waals surface area contributed by atoms with Gasteiger partial charge in [-0.15, -0.1) is 0 Å². The SMILES string of the molecule is O=C(COc1ccccc1-c1cnc[nH]1)NCC1CC=COC1. The number of carbonyl (C=O) groups is 1. The van der Waals surface area contributed by atoms with Crippen LogP contribution in [0.1, 0.15) is 6.42 Å². The number of rotatable bonds is 6. The van der Waals surface area contributed by atoms with Crippen molar-refractivity contribution in [3.05, 3.63) is 49.1 Å². The maximum atomic E-state index is 11.9. The molecule has 0 radical (unpaired) electrons. The van der Waals surface area contributed by atoms with Crippen LogP contribution in [0.4, 0.5) is 0 Å². The summed E-state index contributed by atoms with van der Waals surface area (Å²) in [5.41, 5.74) is 1.73. The topological polar surface area (TPSA) is 76.2 Å². The second-order valence-corrected chi connectivity index (χ2v) is 5.36. The fourth-order valence-electron chi connectivity index (χ4n) is 2.39. The number of allylic oxidation sites excluding steroid dienone is 1. The second-order valence-electron chi connectivity index (χ2n) is 5.36. The Morgan fingerprint density at radius 3 is 3.13 bits per heavy atom. The molecular weight excluding hydrogens is 294 g/mol. The van der Waals surface area contributed by atoms with Gasteiger partial charge in [-0.1, -0.05) is 12.1 Å². The van der Waals surface area contributed by atoms with E-state index in [0.29, 0.717) is 24.8 Å².